The third-order valence-corrected chi connectivity index (χ3v) is 6.32. The first-order valence-corrected chi connectivity index (χ1v) is 10.9. The second-order valence-corrected chi connectivity index (χ2v) is 8.83. The summed E-state index contributed by atoms with van der Waals surface area (Å²) >= 11 is 1.58. The number of hydrogen-bond acceptors (Lipinski definition) is 4. The second kappa shape index (κ2) is 9.35. The molecule has 1 N–H and O–H groups in total. The third kappa shape index (κ3) is 4.93. The Hall–Kier alpha value is -2.47. The Balaban J connectivity index is 1.87. The van der Waals surface area contributed by atoms with Crippen LogP contribution in [0, 0.1) is 19.8 Å². The first-order valence-electron chi connectivity index (χ1n) is 9.87. The van der Waals surface area contributed by atoms with Crippen molar-refractivity contribution in [1.82, 2.24) is 4.90 Å². The van der Waals surface area contributed by atoms with Crippen molar-refractivity contribution in [2.75, 3.05) is 17.7 Å². The Morgan fingerprint density at radius 2 is 1.86 bits per heavy atom. The van der Waals surface area contributed by atoms with Crippen LogP contribution in [0.15, 0.2) is 48.5 Å². The van der Waals surface area contributed by atoms with Crippen molar-refractivity contribution in [3.63, 3.8) is 0 Å². The molecule has 6 heteroatoms. The summed E-state index contributed by atoms with van der Waals surface area (Å²) in [4.78, 5) is 27.7. The van der Waals surface area contributed by atoms with Gasteiger partial charge in [-0.3, -0.25) is 4.90 Å². The van der Waals surface area contributed by atoms with Crippen LogP contribution in [0.3, 0.4) is 0 Å². The van der Waals surface area contributed by atoms with Gasteiger partial charge in [-0.25, -0.2) is 9.59 Å². The molecule has 1 aliphatic heterocycles. The number of amides is 2. The Morgan fingerprint density at radius 3 is 2.55 bits per heavy atom. The Morgan fingerprint density at radius 1 is 1.14 bits per heavy atom. The highest BCUT2D eigenvalue weighted by atomic mass is 32.2. The highest BCUT2D eigenvalue weighted by Crippen LogP contribution is 2.42. The van der Waals surface area contributed by atoms with Crippen LogP contribution in [0.1, 0.15) is 35.9 Å². The van der Waals surface area contributed by atoms with Crippen molar-refractivity contribution in [2.24, 2.45) is 5.92 Å². The van der Waals surface area contributed by atoms with E-state index in [1.54, 1.807) is 16.7 Å². The van der Waals surface area contributed by atoms with Gasteiger partial charge in [0.1, 0.15) is 11.4 Å². The minimum absolute atomic E-state index is 0.238. The molecule has 1 fully saturated rings. The van der Waals surface area contributed by atoms with Gasteiger partial charge in [0, 0.05) is 11.4 Å². The van der Waals surface area contributed by atoms with E-state index in [0.717, 1.165) is 22.4 Å². The van der Waals surface area contributed by atoms with Crippen LogP contribution in [0.4, 0.5) is 10.5 Å². The third-order valence-electron chi connectivity index (χ3n) is 5.00. The Bertz CT molecular complexity index is 870. The summed E-state index contributed by atoms with van der Waals surface area (Å²) in [6.07, 6.45) is 0. The molecule has 2 amide bonds. The van der Waals surface area contributed by atoms with Gasteiger partial charge < -0.3 is 10.1 Å². The lowest BCUT2D eigenvalue weighted by atomic mass is 10.1. The Labute approximate surface area is 176 Å². The minimum Gasteiger partial charge on any atom is -0.464 e. The summed E-state index contributed by atoms with van der Waals surface area (Å²) in [5.41, 5.74) is 3.87. The molecule has 0 saturated carbocycles. The highest BCUT2D eigenvalue weighted by molar-refractivity contribution is 7.99. The summed E-state index contributed by atoms with van der Waals surface area (Å²) in [5.74, 6) is 0.410. The highest BCUT2D eigenvalue weighted by Gasteiger charge is 2.43. The van der Waals surface area contributed by atoms with Crippen LogP contribution >= 0.6 is 11.8 Å². The van der Waals surface area contributed by atoms with Gasteiger partial charge in [-0.2, -0.15) is 0 Å². The van der Waals surface area contributed by atoms with Crippen LogP contribution < -0.4 is 5.32 Å². The number of hydrogen-bond donors (Lipinski definition) is 1. The summed E-state index contributed by atoms with van der Waals surface area (Å²) in [6, 6.07) is 14.7. The lowest BCUT2D eigenvalue weighted by Crippen LogP contribution is -2.46. The number of anilines is 1. The quantitative estimate of drug-likeness (QED) is 0.690. The van der Waals surface area contributed by atoms with Crippen molar-refractivity contribution < 1.29 is 14.3 Å². The molecule has 1 heterocycles. The van der Waals surface area contributed by atoms with Gasteiger partial charge in [0.25, 0.3) is 0 Å². The number of nitrogens with zero attached hydrogens (tertiary/aromatic N) is 1. The fourth-order valence-electron chi connectivity index (χ4n) is 3.22. The number of aryl methyl sites for hydroxylation is 1. The first kappa shape index (κ1) is 21.2. The lowest BCUT2D eigenvalue weighted by molar-refractivity contribution is -0.149. The molecule has 0 bridgehead atoms. The Kier molecular flexibility index (Phi) is 6.85. The van der Waals surface area contributed by atoms with Crippen LogP contribution in [-0.4, -0.2) is 35.3 Å². The molecule has 3 rings (SSSR count). The average Bonchev–Trinajstić information content (AvgIpc) is 3.15. The van der Waals surface area contributed by atoms with Crippen LogP contribution in [0.2, 0.25) is 0 Å². The summed E-state index contributed by atoms with van der Waals surface area (Å²) in [5, 5.41) is 2.77. The molecule has 0 aliphatic carbocycles. The molecule has 0 aromatic heterocycles. The second-order valence-electron chi connectivity index (χ2n) is 7.72. The molecule has 2 aromatic carbocycles. The van der Waals surface area contributed by atoms with E-state index in [9.17, 15) is 9.59 Å². The van der Waals surface area contributed by atoms with Crippen molar-refractivity contribution in [3.8, 4) is 0 Å². The number of rotatable bonds is 5. The van der Waals surface area contributed by atoms with E-state index in [0.29, 0.717) is 12.4 Å². The molecular weight excluding hydrogens is 384 g/mol. The van der Waals surface area contributed by atoms with Crippen LogP contribution in [0.5, 0.6) is 0 Å². The number of nitrogens with one attached hydrogen (secondary N) is 1. The van der Waals surface area contributed by atoms with Crippen molar-refractivity contribution >= 4 is 29.4 Å². The molecule has 2 aromatic rings. The molecule has 1 aliphatic rings. The summed E-state index contributed by atoms with van der Waals surface area (Å²) in [7, 11) is 0. The molecule has 0 radical (unpaired) electrons. The van der Waals surface area contributed by atoms with Gasteiger partial charge in [-0.1, -0.05) is 56.3 Å². The predicted octanol–water partition coefficient (Wildman–Crippen LogP) is 5.15. The van der Waals surface area contributed by atoms with Gasteiger partial charge in [-0.05, 0) is 42.5 Å². The molecular formula is C23H28N2O3S. The number of urea groups is 1. The lowest BCUT2D eigenvalue weighted by Gasteiger charge is -2.29. The fraction of sp³-hybridized carbons (Fsp3) is 0.391. The van der Waals surface area contributed by atoms with E-state index in [-0.39, 0.29) is 23.3 Å². The van der Waals surface area contributed by atoms with Crippen LogP contribution in [-0.2, 0) is 9.53 Å². The van der Waals surface area contributed by atoms with E-state index >= 15 is 0 Å². The molecule has 0 spiro atoms. The molecule has 154 valence electrons. The predicted molar refractivity (Wildman–Crippen MR) is 118 cm³/mol. The fourth-order valence-corrected chi connectivity index (χ4v) is 4.64. The average molecular weight is 413 g/mol. The number of carbonyl (C=O) groups excluding carboxylic acids is 2. The zero-order chi connectivity index (χ0) is 21.0. The number of carbonyl (C=O) groups is 2. The maximum atomic E-state index is 13.3. The van der Waals surface area contributed by atoms with Crippen LogP contribution in [0.25, 0.3) is 0 Å². The van der Waals surface area contributed by atoms with Gasteiger partial charge >= 0.3 is 12.0 Å². The van der Waals surface area contributed by atoms with Gasteiger partial charge in [0.15, 0.2) is 0 Å². The topological polar surface area (TPSA) is 58.6 Å². The van der Waals surface area contributed by atoms with Crippen molar-refractivity contribution in [1.29, 1.82) is 0 Å². The van der Waals surface area contributed by atoms with Gasteiger partial charge in [-0.15, -0.1) is 11.8 Å². The maximum absolute atomic E-state index is 13.3. The van der Waals surface area contributed by atoms with Gasteiger partial charge in [0.2, 0.25) is 0 Å². The zero-order valence-electron chi connectivity index (χ0n) is 17.3. The number of benzene rings is 2. The SMILES string of the molecule is Cc1cccc(NC(=O)N2C(C(=O)OCC(C)C)CSC2c2ccccc2)c1C. The normalized spacial score (nSPS) is 18.7. The number of thioether (sulfide) groups is 1. The smallest absolute Gasteiger partial charge is 0.329 e. The largest absolute Gasteiger partial charge is 0.464 e. The number of ether oxygens (including phenoxy) is 1. The standard InChI is InChI=1S/C23H28N2O3S/c1-15(2)13-28-22(26)20-14-29-21(18-10-6-5-7-11-18)25(20)23(27)24-19-12-8-9-16(3)17(19)4/h5-12,15,20-21H,13-14H2,1-4H3,(H,24,27). The monoisotopic (exact) mass is 412 g/mol. The summed E-state index contributed by atoms with van der Waals surface area (Å²) < 4.78 is 5.47. The molecule has 1 saturated heterocycles. The molecule has 5 nitrogen and oxygen atoms in total. The van der Waals surface area contributed by atoms with E-state index in [4.69, 9.17) is 4.74 Å². The van der Waals surface area contributed by atoms with E-state index in [2.05, 4.69) is 5.32 Å². The number of esters is 1. The molecule has 29 heavy (non-hydrogen) atoms. The van der Waals surface area contributed by atoms with Gasteiger partial charge in [0.05, 0.1) is 6.61 Å². The van der Waals surface area contributed by atoms with E-state index < -0.39 is 6.04 Å². The van der Waals surface area contributed by atoms with E-state index in [1.807, 2.05) is 76.2 Å². The zero-order valence-corrected chi connectivity index (χ0v) is 18.2. The summed E-state index contributed by atoms with van der Waals surface area (Å²) in [6.45, 7) is 8.33. The van der Waals surface area contributed by atoms with E-state index in [1.165, 1.54) is 0 Å². The minimum atomic E-state index is -0.617. The maximum Gasteiger partial charge on any atom is 0.329 e. The van der Waals surface area contributed by atoms with Crippen molar-refractivity contribution in [2.45, 2.75) is 39.1 Å². The molecule has 2 atom stereocenters. The first-order chi connectivity index (χ1) is 13.9. The van der Waals surface area contributed by atoms with Crippen molar-refractivity contribution in [3.05, 3.63) is 65.2 Å². The molecule has 2 unspecified atom stereocenters.